The van der Waals surface area contributed by atoms with E-state index in [1.165, 1.54) is 25.8 Å². The van der Waals surface area contributed by atoms with Gasteiger partial charge in [0.1, 0.15) is 0 Å². The molecule has 2 aliphatic rings. The summed E-state index contributed by atoms with van der Waals surface area (Å²) < 4.78 is 0.816. The number of rotatable bonds is 2. The van der Waals surface area contributed by atoms with Crippen molar-refractivity contribution in [2.45, 2.75) is 25.3 Å². The molecule has 2 saturated heterocycles. The number of anilines is 1. The lowest BCUT2D eigenvalue weighted by atomic mass is 9.99. The minimum absolute atomic E-state index is 0.136. The van der Waals surface area contributed by atoms with Crippen LogP contribution in [0.3, 0.4) is 0 Å². The maximum atomic E-state index is 10.8. The van der Waals surface area contributed by atoms with Crippen molar-refractivity contribution in [3.05, 3.63) is 32.8 Å². The van der Waals surface area contributed by atoms with Crippen LogP contribution in [0.4, 0.5) is 11.4 Å². The first-order chi connectivity index (χ1) is 9.65. The quantitative estimate of drug-likeness (QED) is 0.613. The van der Waals surface area contributed by atoms with E-state index in [4.69, 9.17) is 0 Å². The molecule has 0 spiro atoms. The van der Waals surface area contributed by atoms with Crippen molar-refractivity contribution in [3.8, 4) is 0 Å². The van der Waals surface area contributed by atoms with Crippen molar-refractivity contribution in [2.24, 2.45) is 0 Å². The Kier molecular flexibility index (Phi) is 3.94. The largest absolute Gasteiger partial charge is 0.368 e. The van der Waals surface area contributed by atoms with Crippen LogP contribution in [0.1, 0.15) is 19.3 Å². The first-order valence-electron chi connectivity index (χ1n) is 7.08. The highest BCUT2D eigenvalue weighted by Gasteiger charge is 2.29. The topological polar surface area (TPSA) is 49.6 Å². The Morgan fingerprint density at radius 2 is 2.10 bits per heavy atom. The first-order valence-corrected chi connectivity index (χ1v) is 7.87. The molecule has 20 heavy (non-hydrogen) atoms. The number of fused-ring (bicyclic) bond motifs is 1. The molecule has 6 heteroatoms. The molecule has 108 valence electrons. The zero-order chi connectivity index (χ0) is 14.1. The third-order valence-corrected chi connectivity index (χ3v) is 4.96. The molecule has 0 saturated carbocycles. The molecule has 1 aromatic rings. The lowest BCUT2D eigenvalue weighted by Gasteiger charge is -2.45. The van der Waals surface area contributed by atoms with Gasteiger partial charge >= 0.3 is 0 Å². The van der Waals surface area contributed by atoms with Crippen LogP contribution in [-0.4, -0.2) is 42.0 Å². The van der Waals surface area contributed by atoms with E-state index in [1.807, 2.05) is 6.07 Å². The van der Waals surface area contributed by atoms with Crippen molar-refractivity contribution < 1.29 is 4.92 Å². The minimum atomic E-state index is -0.354. The molecule has 1 unspecified atom stereocenters. The number of benzene rings is 1. The Bertz CT molecular complexity index is 523. The highest BCUT2D eigenvalue weighted by atomic mass is 79.9. The molecule has 1 aromatic carbocycles. The molecule has 0 bridgehead atoms. The Morgan fingerprint density at radius 1 is 1.25 bits per heavy atom. The summed E-state index contributed by atoms with van der Waals surface area (Å²) in [6, 6.07) is 5.69. The van der Waals surface area contributed by atoms with Crippen LogP contribution >= 0.6 is 15.9 Å². The molecular formula is C14H18BrN3O2. The highest BCUT2D eigenvalue weighted by molar-refractivity contribution is 9.10. The van der Waals surface area contributed by atoms with Crippen LogP contribution in [0.5, 0.6) is 0 Å². The number of non-ortho nitro benzene ring substituents is 1. The number of nitro benzene ring substituents is 1. The van der Waals surface area contributed by atoms with Crippen LogP contribution in [0.25, 0.3) is 0 Å². The van der Waals surface area contributed by atoms with Crippen molar-refractivity contribution in [1.82, 2.24) is 4.90 Å². The summed E-state index contributed by atoms with van der Waals surface area (Å²) in [6.45, 7) is 4.33. The van der Waals surface area contributed by atoms with Gasteiger partial charge in [0.15, 0.2) is 0 Å². The van der Waals surface area contributed by atoms with Gasteiger partial charge < -0.3 is 4.90 Å². The fraction of sp³-hybridized carbons (Fsp3) is 0.571. The van der Waals surface area contributed by atoms with Crippen molar-refractivity contribution in [1.29, 1.82) is 0 Å². The summed E-state index contributed by atoms with van der Waals surface area (Å²) in [7, 11) is 0. The van der Waals surface area contributed by atoms with E-state index in [2.05, 4.69) is 25.7 Å². The van der Waals surface area contributed by atoms with Crippen LogP contribution in [0, 0.1) is 10.1 Å². The number of halogens is 1. The molecule has 2 heterocycles. The Hall–Kier alpha value is -1.14. The number of hydrogen-bond acceptors (Lipinski definition) is 4. The maximum Gasteiger partial charge on any atom is 0.270 e. The molecular weight excluding hydrogens is 322 g/mol. The molecule has 0 amide bonds. The van der Waals surface area contributed by atoms with Crippen LogP contribution in [0.15, 0.2) is 22.7 Å². The SMILES string of the molecule is O=[N+]([O-])c1ccc(N2CCN3CCCCC3C2)c(Br)c1. The van der Waals surface area contributed by atoms with E-state index >= 15 is 0 Å². The third kappa shape index (κ3) is 2.67. The van der Waals surface area contributed by atoms with Crippen molar-refractivity contribution >= 4 is 27.3 Å². The van der Waals surface area contributed by atoms with Gasteiger partial charge in [-0.15, -0.1) is 0 Å². The zero-order valence-corrected chi connectivity index (χ0v) is 12.9. The average Bonchev–Trinajstić information content (AvgIpc) is 2.46. The maximum absolute atomic E-state index is 10.8. The lowest BCUT2D eigenvalue weighted by molar-refractivity contribution is -0.384. The van der Waals surface area contributed by atoms with Crippen molar-refractivity contribution in [3.63, 3.8) is 0 Å². The van der Waals surface area contributed by atoms with E-state index in [0.29, 0.717) is 6.04 Å². The summed E-state index contributed by atoms with van der Waals surface area (Å²) in [4.78, 5) is 15.4. The van der Waals surface area contributed by atoms with E-state index in [0.717, 1.165) is 29.8 Å². The smallest absolute Gasteiger partial charge is 0.270 e. The molecule has 3 rings (SSSR count). The Balaban J connectivity index is 1.78. The molecule has 0 N–H and O–H groups in total. The van der Waals surface area contributed by atoms with Gasteiger partial charge in [-0.1, -0.05) is 6.42 Å². The Morgan fingerprint density at radius 3 is 2.85 bits per heavy atom. The number of piperazine rings is 1. The fourth-order valence-corrected chi connectivity index (χ4v) is 3.86. The molecule has 2 aliphatic heterocycles. The Labute approximate surface area is 126 Å². The molecule has 0 aliphatic carbocycles. The summed E-state index contributed by atoms with van der Waals surface area (Å²) in [5, 5.41) is 10.8. The van der Waals surface area contributed by atoms with Gasteiger partial charge in [-0.25, -0.2) is 0 Å². The number of nitrogens with zero attached hydrogens (tertiary/aromatic N) is 3. The van der Waals surface area contributed by atoms with E-state index < -0.39 is 0 Å². The molecule has 2 fully saturated rings. The molecule has 0 radical (unpaired) electrons. The summed E-state index contributed by atoms with van der Waals surface area (Å²) in [6.07, 6.45) is 3.90. The monoisotopic (exact) mass is 339 g/mol. The zero-order valence-electron chi connectivity index (χ0n) is 11.3. The minimum Gasteiger partial charge on any atom is -0.368 e. The number of piperidine rings is 1. The summed E-state index contributed by atoms with van der Waals surface area (Å²) >= 11 is 3.48. The predicted molar refractivity (Wildman–Crippen MR) is 82.2 cm³/mol. The summed E-state index contributed by atoms with van der Waals surface area (Å²) in [5.41, 5.74) is 1.21. The second-order valence-electron chi connectivity index (χ2n) is 5.52. The fourth-order valence-electron chi connectivity index (χ4n) is 3.24. The normalized spacial score (nSPS) is 23.4. The van der Waals surface area contributed by atoms with Gasteiger partial charge in [0.2, 0.25) is 0 Å². The van der Waals surface area contributed by atoms with Gasteiger partial charge in [0.25, 0.3) is 5.69 Å². The average molecular weight is 340 g/mol. The van der Waals surface area contributed by atoms with Gasteiger partial charge in [0, 0.05) is 42.3 Å². The molecule has 0 aromatic heterocycles. The van der Waals surface area contributed by atoms with Crippen molar-refractivity contribution in [2.75, 3.05) is 31.1 Å². The van der Waals surface area contributed by atoms with E-state index in [9.17, 15) is 10.1 Å². The first kappa shape index (κ1) is 13.8. The third-order valence-electron chi connectivity index (χ3n) is 4.32. The van der Waals surface area contributed by atoms with Crippen LogP contribution < -0.4 is 4.90 Å². The second-order valence-corrected chi connectivity index (χ2v) is 6.38. The van der Waals surface area contributed by atoms with Gasteiger partial charge in [-0.05, 0) is 41.4 Å². The number of hydrogen-bond donors (Lipinski definition) is 0. The molecule has 5 nitrogen and oxygen atoms in total. The van der Waals surface area contributed by atoms with Gasteiger partial charge in [0.05, 0.1) is 10.6 Å². The highest BCUT2D eigenvalue weighted by Crippen LogP contribution is 2.32. The predicted octanol–water partition coefficient (Wildman–Crippen LogP) is 3.03. The van der Waals surface area contributed by atoms with Gasteiger partial charge in [-0.3, -0.25) is 15.0 Å². The second kappa shape index (κ2) is 5.69. The van der Waals surface area contributed by atoms with E-state index in [-0.39, 0.29) is 10.6 Å². The number of nitro groups is 1. The van der Waals surface area contributed by atoms with Crippen LogP contribution in [0.2, 0.25) is 0 Å². The van der Waals surface area contributed by atoms with Gasteiger partial charge in [-0.2, -0.15) is 0 Å². The van der Waals surface area contributed by atoms with Crippen LogP contribution in [-0.2, 0) is 0 Å². The standard InChI is InChI=1S/C14H18BrN3O2/c15-13-9-11(18(19)20)4-5-14(13)17-8-7-16-6-2-1-3-12(16)10-17/h4-5,9,12H,1-3,6-8,10H2. The lowest BCUT2D eigenvalue weighted by Crippen LogP contribution is -2.55. The molecule has 1 atom stereocenters. The summed E-state index contributed by atoms with van der Waals surface area (Å²) in [5.74, 6) is 0. The van der Waals surface area contributed by atoms with E-state index in [1.54, 1.807) is 12.1 Å².